The third-order valence-electron chi connectivity index (χ3n) is 2.92. The molecule has 0 bridgehead atoms. The summed E-state index contributed by atoms with van der Waals surface area (Å²) < 4.78 is 24.6. The van der Waals surface area contributed by atoms with E-state index >= 15 is 0 Å². The Morgan fingerprint density at radius 2 is 2.05 bits per heavy atom. The highest BCUT2D eigenvalue weighted by atomic mass is 32.1. The zero-order valence-electron chi connectivity index (χ0n) is 11.3. The lowest BCUT2D eigenvalue weighted by Crippen LogP contribution is -2.42. The number of hydrogen-bond donors (Lipinski definition) is 2. The number of likely N-dealkylation sites (N-methyl/N-ethyl adjacent to an activating group) is 1. The van der Waals surface area contributed by atoms with Crippen molar-refractivity contribution in [2.45, 2.75) is 19.4 Å². The largest absolute Gasteiger partial charge is 0.389 e. The maximum atomic E-state index is 12.3. The van der Waals surface area contributed by atoms with Crippen LogP contribution in [-0.4, -0.2) is 41.9 Å². The van der Waals surface area contributed by atoms with Crippen LogP contribution in [-0.2, 0) is 4.79 Å². The van der Waals surface area contributed by atoms with Crippen LogP contribution in [0.2, 0.25) is 0 Å². The number of nitrogens with one attached hydrogen (secondary N) is 1. The molecule has 0 aliphatic carbocycles. The summed E-state index contributed by atoms with van der Waals surface area (Å²) in [6.45, 7) is 1.09. The predicted octanol–water partition coefficient (Wildman–Crippen LogP) is 1.84. The van der Waals surface area contributed by atoms with E-state index in [1.165, 1.54) is 11.9 Å². The molecule has 1 unspecified atom stereocenters. The molecule has 7 heteroatoms. The molecule has 0 spiro atoms. The van der Waals surface area contributed by atoms with Gasteiger partial charge in [-0.2, -0.15) is 0 Å². The first-order valence-corrected chi connectivity index (χ1v) is 6.41. The fourth-order valence-corrected chi connectivity index (χ4v) is 1.80. The highest BCUT2D eigenvalue weighted by molar-refractivity contribution is 7.80. The fraction of sp³-hybridized carbons (Fsp3) is 0.385. The average molecular weight is 301 g/mol. The molecule has 1 aromatic rings. The quantitative estimate of drug-likeness (QED) is 0.787. The van der Waals surface area contributed by atoms with E-state index in [-0.39, 0.29) is 4.99 Å². The van der Waals surface area contributed by atoms with Gasteiger partial charge in [0.15, 0.2) is 0 Å². The van der Waals surface area contributed by atoms with Crippen LogP contribution in [0.25, 0.3) is 0 Å². The van der Waals surface area contributed by atoms with E-state index in [1.54, 1.807) is 31.2 Å². The summed E-state index contributed by atoms with van der Waals surface area (Å²) in [5.41, 5.74) is 6.58. The number of para-hydroxylation sites is 1. The number of thiocarbonyl (C=S) groups is 1. The molecule has 0 aliphatic rings. The second kappa shape index (κ2) is 7.25. The molecule has 110 valence electrons. The van der Waals surface area contributed by atoms with E-state index < -0.39 is 24.9 Å². The van der Waals surface area contributed by atoms with Crippen LogP contribution in [0.1, 0.15) is 12.5 Å². The fourth-order valence-electron chi connectivity index (χ4n) is 1.62. The van der Waals surface area contributed by atoms with Crippen molar-refractivity contribution in [3.63, 3.8) is 0 Å². The molecular weight excluding hydrogens is 284 g/mol. The third-order valence-corrected chi connectivity index (χ3v) is 3.14. The smallest absolute Gasteiger partial charge is 0.251 e. The van der Waals surface area contributed by atoms with Crippen molar-refractivity contribution in [3.05, 3.63) is 29.8 Å². The van der Waals surface area contributed by atoms with E-state index in [0.29, 0.717) is 11.3 Å². The van der Waals surface area contributed by atoms with Crippen LogP contribution in [0.3, 0.4) is 0 Å². The Labute approximate surface area is 121 Å². The number of rotatable bonds is 6. The van der Waals surface area contributed by atoms with Gasteiger partial charge in [0.1, 0.15) is 4.99 Å². The van der Waals surface area contributed by atoms with Gasteiger partial charge in [0, 0.05) is 5.56 Å². The average Bonchev–Trinajstić information content (AvgIpc) is 2.37. The van der Waals surface area contributed by atoms with E-state index in [0.717, 1.165) is 0 Å². The molecule has 0 heterocycles. The minimum Gasteiger partial charge on any atom is -0.389 e. The van der Waals surface area contributed by atoms with Gasteiger partial charge >= 0.3 is 0 Å². The number of halogens is 2. The Morgan fingerprint density at radius 3 is 2.60 bits per heavy atom. The molecule has 1 atom stereocenters. The number of anilines is 1. The Morgan fingerprint density at radius 1 is 1.45 bits per heavy atom. The molecule has 1 amide bonds. The molecule has 1 aromatic carbocycles. The second-order valence-electron chi connectivity index (χ2n) is 4.41. The van der Waals surface area contributed by atoms with Crippen LogP contribution >= 0.6 is 12.2 Å². The van der Waals surface area contributed by atoms with Crippen LogP contribution < -0.4 is 11.1 Å². The first-order chi connectivity index (χ1) is 9.32. The number of hydrogen-bond acceptors (Lipinski definition) is 3. The van der Waals surface area contributed by atoms with E-state index in [2.05, 4.69) is 5.32 Å². The summed E-state index contributed by atoms with van der Waals surface area (Å²) >= 11 is 4.89. The van der Waals surface area contributed by atoms with Gasteiger partial charge in [0.25, 0.3) is 6.43 Å². The topological polar surface area (TPSA) is 58.4 Å². The lowest BCUT2D eigenvalue weighted by atomic mass is 10.1. The van der Waals surface area contributed by atoms with Crippen molar-refractivity contribution in [2.24, 2.45) is 5.73 Å². The Kier molecular flexibility index (Phi) is 5.97. The predicted molar refractivity (Wildman–Crippen MR) is 79.1 cm³/mol. The van der Waals surface area contributed by atoms with Gasteiger partial charge in [0.2, 0.25) is 5.91 Å². The van der Waals surface area contributed by atoms with E-state index in [1.807, 2.05) is 0 Å². The first kappa shape index (κ1) is 16.5. The molecule has 0 radical (unpaired) electrons. The number of carbonyl (C=O) groups excluding carboxylic acids is 1. The normalized spacial score (nSPS) is 12.5. The van der Waals surface area contributed by atoms with Gasteiger partial charge in [-0.1, -0.05) is 24.4 Å². The lowest BCUT2D eigenvalue weighted by molar-refractivity contribution is -0.120. The highest BCUT2D eigenvalue weighted by Crippen LogP contribution is 2.15. The number of alkyl halides is 2. The summed E-state index contributed by atoms with van der Waals surface area (Å²) in [7, 11) is 1.47. The summed E-state index contributed by atoms with van der Waals surface area (Å²) in [5.74, 6) is -0.392. The van der Waals surface area contributed by atoms with Crippen LogP contribution in [0.5, 0.6) is 0 Å². The monoisotopic (exact) mass is 301 g/mol. The molecule has 1 rings (SSSR count). The van der Waals surface area contributed by atoms with E-state index in [4.69, 9.17) is 18.0 Å². The van der Waals surface area contributed by atoms with Crippen LogP contribution in [0, 0.1) is 0 Å². The second-order valence-corrected chi connectivity index (χ2v) is 4.85. The van der Waals surface area contributed by atoms with Crippen molar-refractivity contribution in [1.82, 2.24) is 4.90 Å². The van der Waals surface area contributed by atoms with Gasteiger partial charge in [-0.25, -0.2) is 8.78 Å². The lowest BCUT2D eigenvalue weighted by Gasteiger charge is -2.23. The van der Waals surface area contributed by atoms with Crippen molar-refractivity contribution >= 4 is 28.8 Å². The molecule has 0 fully saturated rings. The van der Waals surface area contributed by atoms with Gasteiger partial charge in [-0.15, -0.1) is 0 Å². The summed E-state index contributed by atoms with van der Waals surface area (Å²) in [5, 5.41) is 2.65. The number of carbonyl (C=O) groups is 1. The number of benzene rings is 1. The number of nitrogens with two attached hydrogens (primary N) is 1. The minimum absolute atomic E-state index is 0.162. The van der Waals surface area contributed by atoms with Gasteiger partial charge in [-0.05, 0) is 26.1 Å². The number of nitrogens with zero attached hydrogens (tertiary/aromatic N) is 1. The van der Waals surface area contributed by atoms with Crippen LogP contribution in [0.15, 0.2) is 24.3 Å². The van der Waals surface area contributed by atoms with Crippen molar-refractivity contribution in [2.75, 3.05) is 18.9 Å². The minimum atomic E-state index is -2.49. The molecule has 3 N–H and O–H groups in total. The van der Waals surface area contributed by atoms with Crippen molar-refractivity contribution in [3.8, 4) is 0 Å². The summed E-state index contributed by atoms with van der Waals surface area (Å²) in [6.07, 6.45) is -2.49. The Bertz CT molecular complexity index is 496. The van der Waals surface area contributed by atoms with Gasteiger partial charge in [-0.3, -0.25) is 9.69 Å². The zero-order chi connectivity index (χ0) is 15.3. The van der Waals surface area contributed by atoms with Crippen molar-refractivity contribution in [1.29, 1.82) is 0 Å². The Balaban J connectivity index is 2.78. The molecular formula is C13H17F2N3OS. The highest BCUT2D eigenvalue weighted by Gasteiger charge is 2.21. The summed E-state index contributed by atoms with van der Waals surface area (Å²) in [4.78, 5) is 13.5. The molecule has 4 nitrogen and oxygen atoms in total. The maximum Gasteiger partial charge on any atom is 0.251 e. The zero-order valence-corrected chi connectivity index (χ0v) is 12.1. The third kappa shape index (κ3) is 4.50. The number of amides is 1. The SMILES string of the molecule is CC(C(=O)Nc1ccccc1C(N)=S)N(C)CC(F)F. The molecule has 20 heavy (non-hydrogen) atoms. The van der Waals surface area contributed by atoms with Crippen LogP contribution in [0.4, 0.5) is 14.5 Å². The Hall–Kier alpha value is -1.60. The molecule has 0 saturated heterocycles. The molecule has 0 aromatic heterocycles. The van der Waals surface area contributed by atoms with Gasteiger partial charge in [0.05, 0.1) is 18.3 Å². The molecule has 0 aliphatic heterocycles. The summed E-state index contributed by atoms with van der Waals surface area (Å²) in [6, 6.07) is 6.13. The maximum absolute atomic E-state index is 12.3. The standard InChI is InChI=1S/C13H17F2N3OS/c1-8(18(2)7-11(14)15)13(19)17-10-6-4-3-5-9(10)12(16)20/h3-6,8,11H,7H2,1-2H3,(H2,16,20)(H,17,19). The van der Waals surface area contributed by atoms with Gasteiger partial charge < -0.3 is 11.1 Å². The van der Waals surface area contributed by atoms with Crippen molar-refractivity contribution < 1.29 is 13.6 Å². The first-order valence-electron chi connectivity index (χ1n) is 6.01. The molecule has 0 saturated carbocycles. The van der Waals surface area contributed by atoms with E-state index in [9.17, 15) is 13.6 Å².